The lowest BCUT2D eigenvalue weighted by atomic mass is 10.0. The molecule has 0 aliphatic rings. The van der Waals surface area contributed by atoms with Gasteiger partial charge in [0.15, 0.2) is 11.6 Å². The molecule has 0 unspecified atom stereocenters. The van der Waals surface area contributed by atoms with Crippen LogP contribution < -0.4 is 0 Å². The summed E-state index contributed by atoms with van der Waals surface area (Å²) in [6, 6.07) is 26.1. The summed E-state index contributed by atoms with van der Waals surface area (Å²) in [6.45, 7) is 1.52. The average Bonchev–Trinajstić information content (AvgIpc) is 3.31. The summed E-state index contributed by atoms with van der Waals surface area (Å²) < 4.78 is 5.42. The van der Waals surface area contributed by atoms with Crippen molar-refractivity contribution in [3.8, 4) is 17.3 Å². The van der Waals surface area contributed by atoms with Crippen LogP contribution in [0.1, 0.15) is 21.7 Å². The van der Waals surface area contributed by atoms with Crippen molar-refractivity contribution in [2.45, 2.75) is 6.92 Å². The predicted molar refractivity (Wildman–Crippen MR) is 133 cm³/mol. The lowest BCUT2D eigenvalue weighted by Crippen LogP contribution is -2.10. The van der Waals surface area contributed by atoms with Crippen LogP contribution in [0.5, 0.6) is 0 Å². The first kappa shape index (κ1) is 21.9. The summed E-state index contributed by atoms with van der Waals surface area (Å²) in [7, 11) is 0. The normalized spacial score (nSPS) is 11.8. The largest absolute Gasteiger partial charge is 0.507 e. The molecule has 170 valence electrons. The van der Waals surface area contributed by atoms with E-state index in [1.54, 1.807) is 18.2 Å². The number of nitrogens with one attached hydrogen (secondary N) is 1. The quantitative estimate of drug-likeness (QED) is 0.197. The maximum atomic E-state index is 13.1. The number of ether oxygens (including phenoxy) is 1. The molecule has 5 aromatic rings. The molecule has 0 aliphatic carbocycles. The highest BCUT2D eigenvalue weighted by Crippen LogP contribution is 2.26. The summed E-state index contributed by atoms with van der Waals surface area (Å²) >= 11 is 0. The van der Waals surface area contributed by atoms with Gasteiger partial charge in [0.25, 0.3) is 0 Å². The third-order valence-electron chi connectivity index (χ3n) is 5.65. The van der Waals surface area contributed by atoms with Gasteiger partial charge in [0.05, 0.1) is 27.8 Å². The number of nitriles is 1. The van der Waals surface area contributed by atoms with E-state index < -0.39 is 18.3 Å². The molecule has 0 aliphatic heterocycles. The second-order valence-electron chi connectivity index (χ2n) is 8.05. The highest BCUT2D eigenvalue weighted by molar-refractivity contribution is 6.04. The first-order valence-corrected chi connectivity index (χ1v) is 10.9. The van der Waals surface area contributed by atoms with Crippen LogP contribution in [-0.4, -0.2) is 32.6 Å². The number of imidazole rings is 1. The van der Waals surface area contributed by atoms with Crippen LogP contribution in [0, 0.1) is 18.3 Å². The minimum absolute atomic E-state index is 0.0890. The van der Waals surface area contributed by atoms with Crippen LogP contribution >= 0.6 is 0 Å². The van der Waals surface area contributed by atoms with Crippen molar-refractivity contribution in [2.75, 3.05) is 6.61 Å². The highest BCUT2D eigenvalue weighted by Gasteiger charge is 2.18. The number of rotatable bonds is 5. The Labute approximate surface area is 201 Å². The summed E-state index contributed by atoms with van der Waals surface area (Å²) in [5, 5.41) is 20.8. The van der Waals surface area contributed by atoms with Crippen molar-refractivity contribution in [3.63, 3.8) is 0 Å². The Balaban J connectivity index is 1.46. The number of benzene rings is 3. The van der Waals surface area contributed by atoms with Gasteiger partial charge in [-0.3, -0.25) is 0 Å². The number of hydrogen-bond donors (Lipinski definition) is 2. The fourth-order valence-corrected chi connectivity index (χ4v) is 3.83. The zero-order valence-corrected chi connectivity index (χ0v) is 18.8. The van der Waals surface area contributed by atoms with E-state index in [4.69, 9.17) is 9.72 Å². The molecule has 0 amide bonds. The van der Waals surface area contributed by atoms with E-state index in [9.17, 15) is 15.2 Å². The molecule has 0 spiro atoms. The number of hydrogen-bond acceptors (Lipinski definition) is 6. The molecule has 0 saturated heterocycles. The third-order valence-corrected chi connectivity index (χ3v) is 5.65. The second-order valence-corrected chi connectivity index (χ2v) is 8.05. The molecule has 5 rings (SSSR count). The molecule has 0 atom stereocenters. The topological polar surface area (TPSA) is 112 Å². The summed E-state index contributed by atoms with van der Waals surface area (Å²) in [4.78, 5) is 25.1. The predicted octanol–water partition coefficient (Wildman–Crippen LogP) is 5.74. The molecule has 2 N–H and O–H groups in total. The lowest BCUT2D eigenvalue weighted by molar-refractivity contribution is 0.0505. The van der Waals surface area contributed by atoms with Crippen LogP contribution in [0.25, 0.3) is 38.8 Å². The number of aryl methyl sites for hydroxylation is 1. The number of esters is 1. The lowest BCUT2D eigenvalue weighted by Gasteiger charge is -2.10. The summed E-state index contributed by atoms with van der Waals surface area (Å²) in [6.07, 6.45) is 0. The molecule has 0 bridgehead atoms. The van der Waals surface area contributed by atoms with E-state index in [0.29, 0.717) is 27.7 Å². The van der Waals surface area contributed by atoms with Gasteiger partial charge in [-0.2, -0.15) is 5.26 Å². The Morgan fingerprint density at radius 1 is 1.00 bits per heavy atom. The maximum Gasteiger partial charge on any atom is 0.339 e. The van der Waals surface area contributed by atoms with Gasteiger partial charge in [0.2, 0.25) is 0 Å². The van der Waals surface area contributed by atoms with Crippen molar-refractivity contribution in [3.05, 3.63) is 102 Å². The minimum Gasteiger partial charge on any atom is -0.507 e. The number of aromatic nitrogens is 3. The molecule has 0 fully saturated rings. The Morgan fingerprint density at radius 3 is 2.46 bits per heavy atom. The molecular formula is C28H20N4O3. The summed E-state index contributed by atoms with van der Waals surface area (Å²) in [5.41, 5.74) is 4.89. The van der Waals surface area contributed by atoms with Crippen molar-refractivity contribution in [1.82, 2.24) is 15.0 Å². The average molecular weight is 460 g/mol. The highest BCUT2D eigenvalue weighted by atomic mass is 16.5. The zero-order valence-electron chi connectivity index (χ0n) is 18.8. The number of aliphatic hydroxyl groups is 1. The van der Waals surface area contributed by atoms with E-state index in [-0.39, 0.29) is 11.4 Å². The van der Waals surface area contributed by atoms with Crippen molar-refractivity contribution < 1.29 is 14.6 Å². The zero-order chi connectivity index (χ0) is 24.4. The SMILES string of the molecule is Cc1ccc(-c2cc(C(=O)OC/C(O)=C(\C#N)c3nc4ccccc4[nH]3)c3ccccc3n2)cc1. The monoisotopic (exact) mass is 460 g/mol. The van der Waals surface area contributed by atoms with E-state index in [1.807, 2.05) is 73.7 Å². The standard InChI is InChI=1S/C28H20N4O3/c1-17-10-12-18(13-11-17)25-14-20(19-6-2-3-7-22(19)30-25)28(34)35-16-26(33)21(15-29)27-31-23-8-4-5-9-24(23)32-27/h2-14,33H,16H2,1H3,(H,31,32)/b26-21-. The molecule has 0 saturated carbocycles. The Morgan fingerprint density at radius 2 is 1.71 bits per heavy atom. The number of aromatic amines is 1. The number of aliphatic hydroxyl groups excluding tert-OH is 1. The van der Waals surface area contributed by atoms with Gasteiger partial charge in [-0.25, -0.2) is 14.8 Å². The smallest absolute Gasteiger partial charge is 0.339 e. The van der Waals surface area contributed by atoms with Gasteiger partial charge < -0.3 is 14.8 Å². The molecule has 3 aromatic carbocycles. The fraction of sp³-hybridized carbons (Fsp3) is 0.0714. The van der Waals surface area contributed by atoms with Crippen molar-refractivity contribution in [2.24, 2.45) is 0 Å². The van der Waals surface area contributed by atoms with E-state index >= 15 is 0 Å². The van der Waals surface area contributed by atoms with E-state index in [2.05, 4.69) is 9.97 Å². The molecule has 7 heteroatoms. The van der Waals surface area contributed by atoms with Crippen LogP contribution in [0.3, 0.4) is 0 Å². The Bertz CT molecular complexity index is 1610. The van der Waals surface area contributed by atoms with Crippen molar-refractivity contribution in [1.29, 1.82) is 5.26 Å². The molecule has 2 aromatic heterocycles. The van der Waals surface area contributed by atoms with Crippen LogP contribution in [0.2, 0.25) is 0 Å². The number of nitrogens with zero attached hydrogens (tertiary/aromatic N) is 3. The fourth-order valence-electron chi connectivity index (χ4n) is 3.83. The molecule has 0 radical (unpaired) electrons. The first-order chi connectivity index (χ1) is 17.0. The van der Waals surface area contributed by atoms with Gasteiger partial charge in [-0.05, 0) is 31.2 Å². The number of fused-ring (bicyclic) bond motifs is 2. The number of pyridine rings is 1. The van der Waals surface area contributed by atoms with Crippen LogP contribution in [-0.2, 0) is 4.74 Å². The number of carbonyl (C=O) groups is 1. The Kier molecular flexibility index (Phi) is 5.70. The molecule has 7 nitrogen and oxygen atoms in total. The second kappa shape index (κ2) is 9.12. The van der Waals surface area contributed by atoms with Gasteiger partial charge >= 0.3 is 5.97 Å². The van der Waals surface area contributed by atoms with Crippen LogP contribution in [0.15, 0.2) is 84.6 Å². The number of carbonyl (C=O) groups excluding carboxylic acids is 1. The minimum atomic E-state index is -0.634. The van der Waals surface area contributed by atoms with E-state index in [1.165, 1.54) is 0 Å². The van der Waals surface area contributed by atoms with Crippen molar-refractivity contribution >= 4 is 33.5 Å². The Hall–Kier alpha value is -4.96. The van der Waals surface area contributed by atoms with Gasteiger partial charge in [0, 0.05) is 10.9 Å². The maximum absolute atomic E-state index is 13.1. The van der Waals surface area contributed by atoms with Gasteiger partial charge in [0.1, 0.15) is 18.2 Å². The molecule has 2 heterocycles. The van der Waals surface area contributed by atoms with Gasteiger partial charge in [-0.15, -0.1) is 0 Å². The first-order valence-electron chi connectivity index (χ1n) is 10.9. The number of para-hydroxylation sites is 3. The number of allylic oxidation sites excluding steroid dienone is 1. The molecular weight excluding hydrogens is 440 g/mol. The molecule has 35 heavy (non-hydrogen) atoms. The third kappa shape index (κ3) is 4.33. The van der Waals surface area contributed by atoms with Crippen LogP contribution in [0.4, 0.5) is 0 Å². The number of H-pyrrole nitrogens is 1. The summed E-state index contributed by atoms with van der Waals surface area (Å²) in [5.74, 6) is -0.819. The van der Waals surface area contributed by atoms with Gasteiger partial charge in [-0.1, -0.05) is 60.2 Å². The van der Waals surface area contributed by atoms with E-state index in [0.717, 1.165) is 16.6 Å².